The third-order valence-corrected chi connectivity index (χ3v) is 5.37. The van der Waals surface area contributed by atoms with Crippen LogP contribution in [-0.4, -0.2) is 24.4 Å². The fourth-order valence-corrected chi connectivity index (χ4v) is 3.97. The van der Waals surface area contributed by atoms with Crippen molar-refractivity contribution in [2.24, 2.45) is 10.3 Å². The van der Waals surface area contributed by atoms with Crippen LogP contribution >= 0.6 is 12.6 Å². The number of fused-ring (bicyclic) bond motifs is 1. The SMILES string of the molecule is CC(=O)O/N=C\c1ccc(N(c2cc(S)cc(/C=N/OC(C)=O)c2)c2cccc3ccccc23)cc1. The predicted octanol–water partition coefficient (Wildman–Crippen LogP) is 6.39. The second kappa shape index (κ2) is 11.3. The van der Waals surface area contributed by atoms with E-state index in [1.165, 1.54) is 26.3 Å². The van der Waals surface area contributed by atoms with Crippen LogP contribution in [0.3, 0.4) is 0 Å². The number of nitrogens with zero attached hydrogens (tertiary/aromatic N) is 3. The Bertz CT molecular complexity index is 1460. The molecule has 0 aromatic heterocycles. The number of rotatable bonds is 7. The molecular weight excluding hydrogens is 474 g/mol. The molecule has 0 aliphatic carbocycles. The van der Waals surface area contributed by atoms with Gasteiger partial charge in [0, 0.05) is 35.5 Å². The fourth-order valence-electron chi connectivity index (χ4n) is 3.68. The first-order chi connectivity index (χ1) is 17.4. The van der Waals surface area contributed by atoms with Gasteiger partial charge < -0.3 is 14.6 Å². The average Bonchev–Trinajstić information content (AvgIpc) is 2.85. The summed E-state index contributed by atoms with van der Waals surface area (Å²) < 4.78 is 0. The van der Waals surface area contributed by atoms with Crippen molar-refractivity contribution >= 4 is 64.8 Å². The summed E-state index contributed by atoms with van der Waals surface area (Å²) in [5, 5.41) is 9.61. The molecule has 0 spiro atoms. The Kier molecular flexibility index (Phi) is 7.77. The van der Waals surface area contributed by atoms with Crippen LogP contribution in [0.15, 0.2) is 100 Å². The van der Waals surface area contributed by atoms with Gasteiger partial charge in [0.2, 0.25) is 0 Å². The van der Waals surface area contributed by atoms with Crippen LogP contribution < -0.4 is 4.90 Å². The second-order valence-electron chi connectivity index (χ2n) is 7.84. The first-order valence-electron chi connectivity index (χ1n) is 11.0. The van der Waals surface area contributed by atoms with E-state index in [-0.39, 0.29) is 0 Å². The molecule has 4 aromatic rings. The lowest BCUT2D eigenvalue weighted by molar-refractivity contribution is -0.141. The van der Waals surface area contributed by atoms with Gasteiger partial charge in [0.1, 0.15) is 0 Å². The maximum Gasteiger partial charge on any atom is 0.331 e. The highest BCUT2D eigenvalue weighted by Gasteiger charge is 2.16. The standard InChI is InChI=1S/C28H23N3O4S/c1-19(32)34-29-17-21-10-12-24(13-11-21)31(28-9-5-7-23-6-3-4-8-27(23)28)25-14-22(15-26(36)16-25)18-30-35-20(2)33/h3-18,36H,1-2H3/b29-17-,30-18+. The number of hydrogen-bond donors (Lipinski definition) is 1. The van der Waals surface area contributed by atoms with Gasteiger partial charge in [-0.3, -0.25) is 0 Å². The first kappa shape index (κ1) is 24.7. The minimum Gasteiger partial charge on any atom is -0.319 e. The summed E-state index contributed by atoms with van der Waals surface area (Å²) in [7, 11) is 0. The Morgan fingerprint density at radius 2 is 1.39 bits per heavy atom. The third kappa shape index (κ3) is 6.17. The zero-order valence-corrected chi connectivity index (χ0v) is 20.6. The van der Waals surface area contributed by atoms with Gasteiger partial charge in [-0.05, 0) is 52.9 Å². The number of oxime groups is 2. The number of hydrogen-bond acceptors (Lipinski definition) is 8. The molecule has 0 bridgehead atoms. The lowest BCUT2D eigenvalue weighted by Crippen LogP contribution is -2.11. The van der Waals surface area contributed by atoms with Crippen molar-refractivity contribution in [3.63, 3.8) is 0 Å². The van der Waals surface area contributed by atoms with Crippen LogP contribution in [0, 0.1) is 0 Å². The normalized spacial score (nSPS) is 11.2. The Hall–Kier alpha value is -4.43. The second-order valence-corrected chi connectivity index (χ2v) is 8.36. The van der Waals surface area contributed by atoms with Crippen LogP contribution in [0.2, 0.25) is 0 Å². The summed E-state index contributed by atoms with van der Waals surface area (Å²) in [5.41, 5.74) is 4.18. The number of anilines is 3. The van der Waals surface area contributed by atoms with E-state index in [4.69, 9.17) is 4.84 Å². The van der Waals surface area contributed by atoms with Crippen LogP contribution in [0.25, 0.3) is 10.8 Å². The molecule has 0 amide bonds. The van der Waals surface area contributed by atoms with Crippen LogP contribution in [-0.2, 0) is 19.3 Å². The van der Waals surface area contributed by atoms with Crippen molar-refractivity contribution in [1.82, 2.24) is 0 Å². The molecule has 8 heteroatoms. The highest BCUT2D eigenvalue weighted by atomic mass is 32.1. The minimum absolute atomic E-state index is 0.482. The van der Waals surface area contributed by atoms with Gasteiger partial charge in [-0.25, -0.2) is 9.59 Å². The highest BCUT2D eigenvalue weighted by Crippen LogP contribution is 2.39. The molecule has 0 saturated heterocycles. The molecule has 7 nitrogen and oxygen atoms in total. The average molecular weight is 498 g/mol. The van der Waals surface area contributed by atoms with Crippen molar-refractivity contribution in [3.8, 4) is 0 Å². The van der Waals surface area contributed by atoms with Crippen LogP contribution in [0.1, 0.15) is 25.0 Å². The summed E-state index contributed by atoms with van der Waals surface area (Å²) in [6, 6.07) is 27.7. The van der Waals surface area contributed by atoms with E-state index in [9.17, 15) is 9.59 Å². The lowest BCUT2D eigenvalue weighted by Gasteiger charge is -2.27. The van der Waals surface area contributed by atoms with Crippen molar-refractivity contribution < 1.29 is 19.3 Å². The highest BCUT2D eigenvalue weighted by molar-refractivity contribution is 7.80. The summed E-state index contributed by atoms with van der Waals surface area (Å²) in [4.78, 5) is 34.3. The molecule has 4 rings (SSSR count). The molecule has 36 heavy (non-hydrogen) atoms. The third-order valence-electron chi connectivity index (χ3n) is 5.11. The molecular formula is C28H23N3O4S. The lowest BCUT2D eigenvalue weighted by atomic mass is 10.1. The molecule has 0 saturated carbocycles. The van der Waals surface area contributed by atoms with E-state index in [0.29, 0.717) is 10.5 Å². The molecule has 0 radical (unpaired) electrons. The smallest absolute Gasteiger partial charge is 0.319 e. The Labute approximate surface area is 214 Å². The van der Waals surface area contributed by atoms with Crippen molar-refractivity contribution in [3.05, 3.63) is 96.1 Å². The van der Waals surface area contributed by atoms with E-state index in [1.54, 1.807) is 0 Å². The summed E-state index contributed by atoms with van der Waals surface area (Å²) in [5.74, 6) is -0.979. The summed E-state index contributed by atoms with van der Waals surface area (Å²) >= 11 is 4.60. The molecule has 0 fully saturated rings. The van der Waals surface area contributed by atoms with E-state index in [1.807, 2.05) is 60.7 Å². The largest absolute Gasteiger partial charge is 0.331 e. The molecule has 0 aliphatic heterocycles. The van der Waals surface area contributed by atoms with Gasteiger partial charge in [0.25, 0.3) is 0 Å². The van der Waals surface area contributed by atoms with Crippen LogP contribution in [0.4, 0.5) is 17.1 Å². The number of carbonyl (C=O) groups excluding carboxylic acids is 2. The van der Waals surface area contributed by atoms with Gasteiger partial charge in [-0.1, -0.05) is 58.8 Å². The number of benzene rings is 4. The molecule has 0 aliphatic rings. The van der Waals surface area contributed by atoms with Gasteiger partial charge in [-0.2, -0.15) is 0 Å². The zero-order valence-electron chi connectivity index (χ0n) is 19.7. The molecule has 0 N–H and O–H groups in total. The van der Waals surface area contributed by atoms with Crippen molar-refractivity contribution in [2.45, 2.75) is 18.7 Å². The van der Waals surface area contributed by atoms with Crippen molar-refractivity contribution in [2.75, 3.05) is 4.90 Å². The fraction of sp³-hybridized carbons (Fsp3) is 0.0714. The summed E-state index contributed by atoms with van der Waals surface area (Å²) in [6.07, 6.45) is 2.95. The van der Waals surface area contributed by atoms with E-state index in [0.717, 1.165) is 33.4 Å². The number of carbonyl (C=O) groups is 2. The maximum absolute atomic E-state index is 11.1. The minimum atomic E-state index is -0.497. The van der Waals surface area contributed by atoms with Gasteiger partial charge in [-0.15, -0.1) is 12.6 Å². The van der Waals surface area contributed by atoms with Gasteiger partial charge >= 0.3 is 11.9 Å². The van der Waals surface area contributed by atoms with E-state index >= 15 is 0 Å². The van der Waals surface area contributed by atoms with Gasteiger partial charge in [0.15, 0.2) is 0 Å². The van der Waals surface area contributed by atoms with Gasteiger partial charge in [0.05, 0.1) is 18.1 Å². The predicted molar refractivity (Wildman–Crippen MR) is 145 cm³/mol. The van der Waals surface area contributed by atoms with Crippen molar-refractivity contribution in [1.29, 1.82) is 0 Å². The molecule has 0 unspecified atom stereocenters. The van der Waals surface area contributed by atoms with Crippen LogP contribution in [0.5, 0.6) is 0 Å². The maximum atomic E-state index is 11.1. The molecule has 180 valence electrons. The first-order valence-corrected chi connectivity index (χ1v) is 11.5. The topological polar surface area (TPSA) is 80.6 Å². The Morgan fingerprint density at radius 1 is 0.750 bits per heavy atom. The Morgan fingerprint density at radius 3 is 2.08 bits per heavy atom. The molecule has 0 heterocycles. The molecule has 4 aromatic carbocycles. The molecule has 0 atom stereocenters. The van der Waals surface area contributed by atoms with E-state index in [2.05, 4.69) is 56.9 Å². The summed E-state index contributed by atoms with van der Waals surface area (Å²) in [6.45, 7) is 2.59. The zero-order chi connectivity index (χ0) is 25.5. The Balaban J connectivity index is 1.82. The van der Waals surface area contributed by atoms with E-state index < -0.39 is 11.9 Å². The number of thiol groups is 1. The monoisotopic (exact) mass is 497 g/mol. The quantitative estimate of drug-likeness (QED) is 0.138.